The van der Waals surface area contributed by atoms with Crippen molar-refractivity contribution in [1.29, 1.82) is 0 Å². The number of hydrogen-bond acceptors (Lipinski definition) is 3. The van der Waals surface area contributed by atoms with Crippen LogP contribution in [0.5, 0.6) is 0 Å². The molecule has 1 fully saturated rings. The first kappa shape index (κ1) is 13.9. The molecule has 1 aromatic rings. The molecule has 1 saturated heterocycles. The van der Waals surface area contributed by atoms with Crippen LogP contribution in [0.15, 0.2) is 18.2 Å². The van der Waals surface area contributed by atoms with E-state index >= 15 is 0 Å². The van der Waals surface area contributed by atoms with Crippen molar-refractivity contribution < 1.29 is 13.6 Å². The van der Waals surface area contributed by atoms with Gasteiger partial charge in [-0.15, -0.1) is 0 Å². The van der Waals surface area contributed by atoms with Gasteiger partial charge in [-0.1, -0.05) is 6.07 Å². The van der Waals surface area contributed by atoms with Gasteiger partial charge in [0.05, 0.1) is 6.54 Å². The number of carbonyl (C=O) groups excluding carboxylic acids is 1. The van der Waals surface area contributed by atoms with Crippen molar-refractivity contribution in [2.45, 2.75) is 6.54 Å². The Bertz CT molecular complexity index is 448. The van der Waals surface area contributed by atoms with Crippen molar-refractivity contribution in [3.63, 3.8) is 0 Å². The number of carbonyl (C=O) groups is 1. The van der Waals surface area contributed by atoms with Gasteiger partial charge in [-0.25, -0.2) is 8.78 Å². The lowest BCUT2D eigenvalue weighted by Gasteiger charge is -2.26. The number of halogens is 2. The molecule has 0 unspecified atom stereocenters. The molecule has 0 spiro atoms. The summed E-state index contributed by atoms with van der Waals surface area (Å²) in [6.07, 6.45) is 0. The zero-order valence-electron chi connectivity index (χ0n) is 10.6. The van der Waals surface area contributed by atoms with E-state index in [1.54, 1.807) is 0 Å². The lowest BCUT2D eigenvalue weighted by Crippen LogP contribution is -2.47. The van der Waals surface area contributed by atoms with Gasteiger partial charge in [0.15, 0.2) is 11.6 Å². The molecule has 6 heteroatoms. The maximum Gasteiger partial charge on any atom is 0.234 e. The first-order chi connectivity index (χ1) is 9.15. The molecule has 1 aliphatic heterocycles. The maximum atomic E-state index is 13.0. The molecular weight excluding hydrogens is 252 g/mol. The van der Waals surface area contributed by atoms with Gasteiger partial charge in [0.2, 0.25) is 5.91 Å². The number of benzene rings is 1. The minimum absolute atomic E-state index is 0.105. The number of piperazine rings is 1. The molecular formula is C13H17F2N3O. The van der Waals surface area contributed by atoms with Crippen LogP contribution in [0.2, 0.25) is 0 Å². The summed E-state index contributed by atoms with van der Waals surface area (Å²) in [5.41, 5.74) is 0.549. The van der Waals surface area contributed by atoms with Crippen molar-refractivity contribution in [3.8, 4) is 0 Å². The zero-order chi connectivity index (χ0) is 13.7. The van der Waals surface area contributed by atoms with E-state index in [2.05, 4.69) is 15.5 Å². The molecule has 1 aromatic carbocycles. The van der Waals surface area contributed by atoms with Crippen LogP contribution in [0.3, 0.4) is 0 Å². The Kier molecular flexibility index (Phi) is 4.81. The van der Waals surface area contributed by atoms with Crippen LogP contribution in [0.25, 0.3) is 0 Å². The molecule has 0 aliphatic carbocycles. The van der Waals surface area contributed by atoms with Crippen molar-refractivity contribution in [1.82, 2.24) is 15.5 Å². The van der Waals surface area contributed by atoms with Gasteiger partial charge < -0.3 is 10.6 Å². The summed E-state index contributed by atoms with van der Waals surface area (Å²) >= 11 is 0. The minimum atomic E-state index is -0.895. The Labute approximate surface area is 110 Å². The second-order valence-electron chi connectivity index (χ2n) is 4.55. The second kappa shape index (κ2) is 6.58. The number of amides is 1. The van der Waals surface area contributed by atoms with E-state index in [1.165, 1.54) is 6.07 Å². The van der Waals surface area contributed by atoms with Crippen LogP contribution in [0.4, 0.5) is 8.78 Å². The van der Waals surface area contributed by atoms with Gasteiger partial charge >= 0.3 is 0 Å². The fraction of sp³-hybridized carbons (Fsp3) is 0.462. The lowest BCUT2D eigenvalue weighted by molar-refractivity contribution is -0.122. The largest absolute Gasteiger partial charge is 0.351 e. The van der Waals surface area contributed by atoms with Crippen LogP contribution >= 0.6 is 0 Å². The molecule has 0 radical (unpaired) electrons. The first-order valence-corrected chi connectivity index (χ1v) is 6.29. The SMILES string of the molecule is O=C(CN1CCNCC1)NCc1ccc(F)c(F)c1. The Hall–Kier alpha value is -1.53. The topological polar surface area (TPSA) is 44.4 Å². The lowest BCUT2D eigenvalue weighted by atomic mass is 10.2. The van der Waals surface area contributed by atoms with E-state index in [9.17, 15) is 13.6 Å². The zero-order valence-corrected chi connectivity index (χ0v) is 10.6. The van der Waals surface area contributed by atoms with E-state index in [0.29, 0.717) is 12.1 Å². The number of rotatable bonds is 4. The third kappa shape index (κ3) is 4.25. The summed E-state index contributed by atoms with van der Waals surface area (Å²) in [6.45, 7) is 4.01. The molecule has 4 nitrogen and oxygen atoms in total. The van der Waals surface area contributed by atoms with Gasteiger partial charge in [-0.3, -0.25) is 9.69 Å². The molecule has 0 bridgehead atoms. The van der Waals surface area contributed by atoms with Crippen LogP contribution in [0.1, 0.15) is 5.56 Å². The summed E-state index contributed by atoms with van der Waals surface area (Å²) in [5.74, 6) is -1.88. The van der Waals surface area contributed by atoms with Gasteiger partial charge in [-0.2, -0.15) is 0 Å². The summed E-state index contributed by atoms with van der Waals surface area (Å²) in [7, 11) is 0. The quantitative estimate of drug-likeness (QED) is 0.836. The third-order valence-electron chi connectivity index (χ3n) is 3.05. The molecule has 19 heavy (non-hydrogen) atoms. The first-order valence-electron chi connectivity index (χ1n) is 6.29. The maximum absolute atomic E-state index is 13.0. The number of nitrogens with zero attached hydrogens (tertiary/aromatic N) is 1. The van der Waals surface area contributed by atoms with E-state index < -0.39 is 11.6 Å². The summed E-state index contributed by atoms with van der Waals surface area (Å²) in [6, 6.07) is 3.62. The normalized spacial score (nSPS) is 16.3. The van der Waals surface area contributed by atoms with E-state index in [4.69, 9.17) is 0 Å². The number of hydrogen-bond donors (Lipinski definition) is 2. The van der Waals surface area contributed by atoms with Crippen molar-refractivity contribution in [3.05, 3.63) is 35.4 Å². The van der Waals surface area contributed by atoms with Gasteiger partial charge in [0.1, 0.15) is 0 Å². The summed E-state index contributed by atoms with van der Waals surface area (Å²) < 4.78 is 25.7. The van der Waals surface area contributed by atoms with E-state index in [0.717, 1.165) is 38.3 Å². The van der Waals surface area contributed by atoms with Crippen molar-refractivity contribution >= 4 is 5.91 Å². The molecule has 1 aliphatic rings. The Morgan fingerprint density at radius 1 is 1.26 bits per heavy atom. The predicted molar refractivity (Wildman–Crippen MR) is 67.5 cm³/mol. The molecule has 2 rings (SSSR count). The molecule has 104 valence electrons. The molecule has 2 N–H and O–H groups in total. The second-order valence-corrected chi connectivity index (χ2v) is 4.55. The molecule has 0 saturated carbocycles. The molecule has 0 aromatic heterocycles. The highest BCUT2D eigenvalue weighted by molar-refractivity contribution is 5.78. The average Bonchev–Trinajstić information content (AvgIpc) is 2.41. The summed E-state index contributed by atoms with van der Waals surface area (Å²) in [4.78, 5) is 13.7. The van der Waals surface area contributed by atoms with Crippen LogP contribution < -0.4 is 10.6 Å². The standard InChI is InChI=1S/C13H17F2N3O/c14-11-2-1-10(7-12(11)15)8-17-13(19)9-18-5-3-16-4-6-18/h1-2,7,16H,3-6,8-9H2,(H,17,19). The highest BCUT2D eigenvalue weighted by Gasteiger charge is 2.13. The number of nitrogens with one attached hydrogen (secondary N) is 2. The smallest absolute Gasteiger partial charge is 0.234 e. The van der Waals surface area contributed by atoms with Gasteiger partial charge in [-0.05, 0) is 17.7 Å². The van der Waals surface area contributed by atoms with Crippen LogP contribution in [0, 0.1) is 11.6 Å². The minimum Gasteiger partial charge on any atom is -0.351 e. The monoisotopic (exact) mass is 269 g/mol. The van der Waals surface area contributed by atoms with E-state index in [1.807, 2.05) is 0 Å². The van der Waals surface area contributed by atoms with Crippen LogP contribution in [-0.2, 0) is 11.3 Å². The fourth-order valence-electron chi connectivity index (χ4n) is 1.98. The molecule has 0 atom stereocenters. The Balaban J connectivity index is 1.77. The van der Waals surface area contributed by atoms with Crippen molar-refractivity contribution in [2.75, 3.05) is 32.7 Å². The predicted octanol–water partition coefficient (Wildman–Crippen LogP) is 0.486. The fourth-order valence-corrected chi connectivity index (χ4v) is 1.98. The highest BCUT2D eigenvalue weighted by atomic mass is 19.2. The Morgan fingerprint density at radius 2 is 2.00 bits per heavy atom. The summed E-state index contributed by atoms with van der Waals surface area (Å²) in [5, 5.41) is 5.91. The van der Waals surface area contributed by atoms with E-state index in [-0.39, 0.29) is 12.5 Å². The van der Waals surface area contributed by atoms with Crippen molar-refractivity contribution in [2.24, 2.45) is 0 Å². The molecule has 1 amide bonds. The van der Waals surface area contributed by atoms with Gasteiger partial charge in [0.25, 0.3) is 0 Å². The van der Waals surface area contributed by atoms with Crippen LogP contribution in [-0.4, -0.2) is 43.5 Å². The molecule has 1 heterocycles. The van der Waals surface area contributed by atoms with Gasteiger partial charge in [0, 0.05) is 32.7 Å². The average molecular weight is 269 g/mol. The highest BCUT2D eigenvalue weighted by Crippen LogP contribution is 2.08. The third-order valence-corrected chi connectivity index (χ3v) is 3.05. The Morgan fingerprint density at radius 3 is 2.68 bits per heavy atom.